The molecule has 0 unspecified atom stereocenters. The number of amidine groups is 1. The van der Waals surface area contributed by atoms with E-state index in [0.29, 0.717) is 0 Å². The number of hydrogen-bond donors (Lipinski definition) is 1. The number of rotatable bonds is 2. The van der Waals surface area contributed by atoms with Crippen LogP contribution < -0.4 is 5.32 Å². The van der Waals surface area contributed by atoms with E-state index >= 15 is 0 Å². The Morgan fingerprint density at radius 1 is 1.38 bits per heavy atom. The first kappa shape index (κ1) is 11.4. The molecule has 4 heteroatoms. The summed E-state index contributed by atoms with van der Waals surface area (Å²) in [5, 5.41) is 4.52. The topological polar surface area (TPSA) is 24.4 Å². The van der Waals surface area contributed by atoms with Crippen LogP contribution in [0.2, 0.25) is 0 Å². The Kier molecular flexibility index (Phi) is 5.17. The van der Waals surface area contributed by atoms with Gasteiger partial charge in [-0.15, -0.1) is 17.0 Å². The molecule has 0 aromatic heterocycles. The fourth-order valence-corrected chi connectivity index (χ4v) is 2.58. The van der Waals surface area contributed by atoms with E-state index in [-0.39, 0.29) is 17.0 Å². The Morgan fingerprint density at radius 2 is 2.23 bits per heavy atom. The molecule has 1 N–H and O–H groups in total. The second kappa shape index (κ2) is 5.91. The molecule has 1 fully saturated rings. The summed E-state index contributed by atoms with van der Waals surface area (Å²) in [6.45, 7) is 2.15. The number of nitrogens with one attached hydrogen (secondary N) is 1. The van der Waals surface area contributed by atoms with Gasteiger partial charge in [-0.05, 0) is 25.2 Å². The van der Waals surface area contributed by atoms with E-state index in [4.69, 9.17) is 0 Å². The molecule has 0 amide bonds. The van der Waals surface area contributed by atoms with Crippen LogP contribution in [0.5, 0.6) is 0 Å². The minimum atomic E-state index is 0. The molecule has 0 radical (unpaired) electrons. The second-order valence-corrected chi connectivity index (χ2v) is 4.58. The molecule has 0 aromatic carbocycles. The van der Waals surface area contributed by atoms with Crippen molar-refractivity contribution < 1.29 is 0 Å². The zero-order chi connectivity index (χ0) is 8.23. The van der Waals surface area contributed by atoms with Gasteiger partial charge < -0.3 is 5.32 Å². The van der Waals surface area contributed by atoms with Crippen molar-refractivity contribution in [3.05, 3.63) is 0 Å². The highest BCUT2D eigenvalue weighted by molar-refractivity contribution is 8.93. The highest BCUT2D eigenvalue weighted by Gasteiger charge is 2.18. The Balaban J connectivity index is 0.000000845. The molecular weight excluding hydrogens is 248 g/mol. The highest BCUT2D eigenvalue weighted by Crippen LogP contribution is 2.29. The van der Waals surface area contributed by atoms with Gasteiger partial charge in [0.25, 0.3) is 0 Å². The lowest BCUT2D eigenvalue weighted by Crippen LogP contribution is -2.28. The zero-order valence-corrected chi connectivity index (χ0v) is 10.3. The number of thioether (sulfide) groups is 1. The van der Waals surface area contributed by atoms with E-state index in [0.717, 1.165) is 19.0 Å². The van der Waals surface area contributed by atoms with Crippen LogP contribution in [0.15, 0.2) is 4.99 Å². The van der Waals surface area contributed by atoms with Gasteiger partial charge in [-0.3, -0.25) is 4.99 Å². The van der Waals surface area contributed by atoms with E-state index in [2.05, 4.69) is 10.3 Å². The first-order chi connectivity index (χ1) is 5.95. The van der Waals surface area contributed by atoms with Crippen molar-refractivity contribution in [3.8, 4) is 0 Å². The standard InChI is InChI=1S/C9H16N2S.BrH/c1-3-8(4-1)7-12-9-10-5-2-6-11-9;/h8H,1-7H2,(H,10,11);1H. The normalized spacial score (nSPS) is 22.3. The Hall–Kier alpha value is 0.300. The quantitative estimate of drug-likeness (QED) is 0.829. The van der Waals surface area contributed by atoms with Gasteiger partial charge in [0, 0.05) is 18.8 Å². The van der Waals surface area contributed by atoms with Crippen molar-refractivity contribution in [1.29, 1.82) is 0 Å². The molecule has 0 spiro atoms. The molecule has 76 valence electrons. The van der Waals surface area contributed by atoms with Gasteiger partial charge in [0.2, 0.25) is 0 Å². The average Bonchev–Trinajstić information content (AvgIpc) is 2.04. The van der Waals surface area contributed by atoms with Crippen molar-refractivity contribution in [3.63, 3.8) is 0 Å². The van der Waals surface area contributed by atoms with Crippen LogP contribution in [0.25, 0.3) is 0 Å². The molecule has 2 rings (SSSR count). The van der Waals surface area contributed by atoms with Crippen molar-refractivity contribution in [2.75, 3.05) is 18.8 Å². The van der Waals surface area contributed by atoms with Gasteiger partial charge in [-0.1, -0.05) is 18.2 Å². The zero-order valence-electron chi connectivity index (χ0n) is 7.79. The molecule has 0 atom stereocenters. The summed E-state index contributed by atoms with van der Waals surface area (Å²) < 4.78 is 0. The lowest BCUT2D eigenvalue weighted by molar-refractivity contribution is 0.353. The van der Waals surface area contributed by atoms with Crippen LogP contribution in [0, 0.1) is 5.92 Å². The van der Waals surface area contributed by atoms with Crippen LogP contribution in [0.3, 0.4) is 0 Å². The number of halogens is 1. The maximum absolute atomic E-state index is 4.43. The molecular formula is C9H17BrN2S. The summed E-state index contributed by atoms with van der Waals surface area (Å²) in [5.41, 5.74) is 0. The Morgan fingerprint density at radius 3 is 2.77 bits per heavy atom. The monoisotopic (exact) mass is 264 g/mol. The van der Waals surface area contributed by atoms with Gasteiger partial charge in [-0.25, -0.2) is 0 Å². The van der Waals surface area contributed by atoms with Gasteiger partial charge in [0.1, 0.15) is 0 Å². The minimum Gasteiger partial charge on any atom is -0.365 e. The summed E-state index contributed by atoms with van der Waals surface area (Å²) in [7, 11) is 0. The van der Waals surface area contributed by atoms with Crippen molar-refractivity contribution >= 4 is 33.9 Å². The fraction of sp³-hybridized carbons (Fsp3) is 0.889. The van der Waals surface area contributed by atoms with E-state index in [9.17, 15) is 0 Å². The van der Waals surface area contributed by atoms with Crippen molar-refractivity contribution in [2.45, 2.75) is 25.7 Å². The smallest absolute Gasteiger partial charge is 0.156 e. The van der Waals surface area contributed by atoms with Crippen LogP contribution >= 0.6 is 28.7 Å². The predicted molar refractivity (Wildman–Crippen MR) is 65.0 cm³/mol. The molecule has 1 saturated carbocycles. The van der Waals surface area contributed by atoms with Gasteiger partial charge in [0.05, 0.1) is 0 Å². The predicted octanol–water partition coefficient (Wildman–Crippen LogP) is 2.45. The first-order valence-corrected chi connectivity index (χ1v) is 5.85. The Labute approximate surface area is 94.7 Å². The van der Waals surface area contributed by atoms with E-state index in [1.807, 2.05) is 11.8 Å². The summed E-state index contributed by atoms with van der Waals surface area (Å²) >= 11 is 1.92. The summed E-state index contributed by atoms with van der Waals surface area (Å²) in [6.07, 6.45) is 5.54. The summed E-state index contributed by atoms with van der Waals surface area (Å²) in [4.78, 5) is 4.43. The van der Waals surface area contributed by atoms with Crippen LogP contribution in [-0.4, -0.2) is 24.0 Å². The third-order valence-electron chi connectivity index (χ3n) is 2.55. The molecule has 2 aliphatic rings. The molecule has 0 aromatic rings. The SMILES string of the molecule is Br.C1CN=C(SCC2CCC2)NC1. The average molecular weight is 265 g/mol. The molecule has 1 heterocycles. The fourth-order valence-electron chi connectivity index (χ4n) is 1.46. The molecule has 1 aliphatic carbocycles. The molecule has 0 bridgehead atoms. The third kappa shape index (κ3) is 3.50. The minimum absolute atomic E-state index is 0. The lowest BCUT2D eigenvalue weighted by Gasteiger charge is -2.25. The van der Waals surface area contributed by atoms with Crippen LogP contribution in [0.4, 0.5) is 0 Å². The van der Waals surface area contributed by atoms with E-state index in [1.165, 1.54) is 36.6 Å². The van der Waals surface area contributed by atoms with Crippen molar-refractivity contribution in [1.82, 2.24) is 5.32 Å². The highest BCUT2D eigenvalue weighted by atomic mass is 79.9. The number of aliphatic imine (C=N–C) groups is 1. The summed E-state index contributed by atoms with van der Waals surface area (Å²) in [5.74, 6) is 2.27. The maximum Gasteiger partial charge on any atom is 0.156 e. The third-order valence-corrected chi connectivity index (χ3v) is 3.73. The lowest BCUT2D eigenvalue weighted by atomic mass is 9.87. The van der Waals surface area contributed by atoms with Gasteiger partial charge >= 0.3 is 0 Å². The van der Waals surface area contributed by atoms with Crippen LogP contribution in [-0.2, 0) is 0 Å². The molecule has 2 nitrogen and oxygen atoms in total. The summed E-state index contributed by atoms with van der Waals surface area (Å²) in [6, 6.07) is 0. The van der Waals surface area contributed by atoms with Crippen molar-refractivity contribution in [2.24, 2.45) is 10.9 Å². The van der Waals surface area contributed by atoms with E-state index in [1.54, 1.807) is 0 Å². The largest absolute Gasteiger partial charge is 0.365 e. The van der Waals surface area contributed by atoms with E-state index < -0.39 is 0 Å². The van der Waals surface area contributed by atoms with Gasteiger partial charge in [0.15, 0.2) is 5.17 Å². The first-order valence-electron chi connectivity index (χ1n) is 4.86. The second-order valence-electron chi connectivity index (χ2n) is 3.58. The molecule has 1 aliphatic heterocycles. The molecule has 13 heavy (non-hydrogen) atoms. The Bertz CT molecular complexity index is 180. The number of nitrogens with zero attached hydrogens (tertiary/aromatic N) is 1. The maximum atomic E-state index is 4.43. The number of hydrogen-bond acceptors (Lipinski definition) is 3. The van der Waals surface area contributed by atoms with Crippen LogP contribution in [0.1, 0.15) is 25.7 Å². The molecule has 0 saturated heterocycles. The van der Waals surface area contributed by atoms with Gasteiger partial charge in [-0.2, -0.15) is 0 Å².